The summed E-state index contributed by atoms with van der Waals surface area (Å²) in [6.07, 6.45) is 1.32. The highest BCUT2D eigenvalue weighted by Crippen LogP contribution is 2.33. The number of nitrogens with one attached hydrogen (secondary N) is 3. The molecule has 0 atom stereocenters. The zero-order valence-electron chi connectivity index (χ0n) is 15.4. The van der Waals surface area contributed by atoms with Gasteiger partial charge in [0.1, 0.15) is 23.5 Å². The number of nitrogens with two attached hydrogens (primary N) is 1. The molecule has 9 heteroatoms. The van der Waals surface area contributed by atoms with Crippen molar-refractivity contribution in [1.29, 1.82) is 0 Å². The summed E-state index contributed by atoms with van der Waals surface area (Å²) >= 11 is 0. The maximum atomic E-state index is 12.2. The molecule has 0 aliphatic heterocycles. The van der Waals surface area contributed by atoms with Gasteiger partial charge in [-0.2, -0.15) is 0 Å². The molecular weight excluding hydrogens is 360 g/mol. The molecule has 0 spiro atoms. The fourth-order valence-corrected chi connectivity index (χ4v) is 2.41. The van der Waals surface area contributed by atoms with E-state index in [0.717, 1.165) is 0 Å². The lowest BCUT2D eigenvalue weighted by atomic mass is 10.2. The third-order valence-corrected chi connectivity index (χ3v) is 3.87. The molecule has 1 heterocycles. The monoisotopic (exact) mass is 380 g/mol. The van der Waals surface area contributed by atoms with Gasteiger partial charge in [-0.1, -0.05) is 18.2 Å². The molecule has 0 bridgehead atoms. The SMILES string of the molecule is COc1ccc(OC)c(Nc2ncnc(NNC(=O)c3ccccc3)c2N)c1. The van der Waals surface area contributed by atoms with E-state index in [2.05, 4.69) is 26.1 Å². The molecule has 1 aromatic heterocycles. The number of anilines is 4. The van der Waals surface area contributed by atoms with Crippen LogP contribution in [0.3, 0.4) is 0 Å². The molecule has 0 unspecified atom stereocenters. The van der Waals surface area contributed by atoms with Crippen molar-refractivity contribution in [3.63, 3.8) is 0 Å². The highest BCUT2D eigenvalue weighted by atomic mass is 16.5. The van der Waals surface area contributed by atoms with Crippen LogP contribution in [0.2, 0.25) is 0 Å². The minimum absolute atomic E-state index is 0.223. The lowest BCUT2D eigenvalue weighted by Crippen LogP contribution is -2.30. The Kier molecular flexibility index (Phi) is 5.75. The number of amides is 1. The summed E-state index contributed by atoms with van der Waals surface area (Å²) in [6, 6.07) is 14.1. The van der Waals surface area contributed by atoms with Crippen LogP contribution in [-0.2, 0) is 0 Å². The third-order valence-electron chi connectivity index (χ3n) is 3.87. The molecule has 144 valence electrons. The summed E-state index contributed by atoms with van der Waals surface area (Å²) in [6.45, 7) is 0. The maximum absolute atomic E-state index is 12.2. The first-order chi connectivity index (χ1) is 13.6. The van der Waals surface area contributed by atoms with Crippen molar-refractivity contribution in [1.82, 2.24) is 15.4 Å². The molecule has 3 rings (SSSR count). The van der Waals surface area contributed by atoms with Gasteiger partial charge in [0.2, 0.25) is 0 Å². The molecule has 28 heavy (non-hydrogen) atoms. The first kappa shape index (κ1) is 18.8. The standard InChI is InChI=1S/C19H20N6O3/c1-27-13-8-9-15(28-2)14(10-13)23-17-16(20)18(22-11-21-17)24-25-19(26)12-6-4-3-5-7-12/h3-11H,20H2,1-2H3,(H,25,26)(H2,21,22,23,24). The van der Waals surface area contributed by atoms with E-state index in [1.54, 1.807) is 56.7 Å². The van der Waals surface area contributed by atoms with Crippen molar-refractivity contribution in [3.8, 4) is 11.5 Å². The molecule has 0 radical (unpaired) electrons. The van der Waals surface area contributed by atoms with Crippen LogP contribution >= 0.6 is 0 Å². The Bertz CT molecular complexity index is 965. The van der Waals surface area contributed by atoms with Crippen LogP contribution < -0.4 is 31.4 Å². The van der Waals surface area contributed by atoms with Crippen LogP contribution in [0, 0.1) is 0 Å². The van der Waals surface area contributed by atoms with Gasteiger partial charge < -0.3 is 20.5 Å². The summed E-state index contributed by atoms with van der Waals surface area (Å²) < 4.78 is 10.6. The molecule has 1 amide bonds. The number of aromatic nitrogens is 2. The van der Waals surface area contributed by atoms with Crippen molar-refractivity contribution in [2.24, 2.45) is 0 Å². The topological polar surface area (TPSA) is 123 Å². The third kappa shape index (κ3) is 4.21. The Morgan fingerprint density at radius 2 is 1.75 bits per heavy atom. The van der Waals surface area contributed by atoms with Crippen molar-refractivity contribution >= 4 is 28.9 Å². The van der Waals surface area contributed by atoms with Crippen molar-refractivity contribution in [3.05, 3.63) is 60.4 Å². The maximum Gasteiger partial charge on any atom is 0.269 e. The van der Waals surface area contributed by atoms with Gasteiger partial charge in [-0.05, 0) is 24.3 Å². The number of rotatable bonds is 7. The summed E-state index contributed by atoms with van der Waals surface area (Å²) in [7, 11) is 3.13. The highest BCUT2D eigenvalue weighted by Gasteiger charge is 2.13. The highest BCUT2D eigenvalue weighted by molar-refractivity contribution is 5.95. The van der Waals surface area contributed by atoms with Crippen molar-refractivity contribution in [2.75, 3.05) is 30.7 Å². The Morgan fingerprint density at radius 1 is 1.00 bits per heavy atom. The number of hydrazine groups is 1. The van der Waals surface area contributed by atoms with Gasteiger partial charge >= 0.3 is 0 Å². The molecule has 0 aliphatic rings. The average molecular weight is 380 g/mol. The quantitative estimate of drug-likeness (QED) is 0.461. The number of carbonyl (C=O) groups is 1. The Labute approximate surface area is 161 Å². The molecular formula is C19H20N6O3. The van der Waals surface area contributed by atoms with E-state index >= 15 is 0 Å². The second-order valence-electron chi connectivity index (χ2n) is 5.62. The molecule has 5 N–H and O–H groups in total. The molecule has 9 nitrogen and oxygen atoms in total. The number of methoxy groups -OCH3 is 2. The number of benzene rings is 2. The van der Waals surface area contributed by atoms with Gasteiger partial charge in [-0.3, -0.25) is 15.6 Å². The first-order valence-electron chi connectivity index (χ1n) is 8.33. The number of ether oxygens (including phenoxy) is 2. The van der Waals surface area contributed by atoms with Gasteiger partial charge in [0.25, 0.3) is 5.91 Å². The predicted molar refractivity (Wildman–Crippen MR) is 107 cm³/mol. The van der Waals surface area contributed by atoms with Gasteiger partial charge in [0.15, 0.2) is 11.6 Å². The molecule has 2 aromatic carbocycles. The van der Waals surface area contributed by atoms with Crippen molar-refractivity contribution < 1.29 is 14.3 Å². The second kappa shape index (κ2) is 8.58. The second-order valence-corrected chi connectivity index (χ2v) is 5.62. The molecule has 0 saturated heterocycles. The zero-order valence-corrected chi connectivity index (χ0v) is 15.4. The summed E-state index contributed by atoms with van der Waals surface area (Å²) in [5.41, 5.74) is 12.8. The lowest BCUT2D eigenvalue weighted by Gasteiger charge is -2.15. The van der Waals surface area contributed by atoms with Gasteiger partial charge in [-0.25, -0.2) is 9.97 Å². The van der Waals surface area contributed by atoms with Gasteiger partial charge in [0.05, 0.1) is 19.9 Å². The summed E-state index contributed by atoms with van der Waals surface area (Å²) in [5, 5.41) is 3.09. The van der Waals surface area contributed by atoms with E-state index in [0.29, 0.717) is 28.6 Å². The van der Waals surface area contributed by atoms with Crippen molar-refractivity contribution in [2.45, 2.75) is 0 Å². The van der Waals surface area contributed by atoms with E-state index in [-0.39, 0.29) is 17.4 Å². The number of nitrogens with zero attached hydrogens (tertiary/aromatic N) is 2. The van der Waals surface area contributed by atoms with E-state index in [9.17, 15) is 4.79 Å². The van der Waals surface area contributed by atoms with Gasteiger partial charge in [-0.15, -0.1) is 0 Å². The predicted octanol–water partition coefficient (Wildman–Crippen LogP) is 2.58. The van der Waals surface area contributed by atoms with Crippen LogP contribution in [-0.4, -0.2) is 30.1 Å². The first-order valence-corrected chi connectivity index (χ1v) is 8.33. The normalized spacial score (nSPS) is 10.1. The molecule has 0 aliphatic carbocycles. The minimum Gasteiger partial charge on any atom is -0.497 e. The van der Waals surface area contributed by atoms with Crippen LogP contribution in [0.1, 0.15) is 10.4 Å². The molecule has 0 fully saturated rings. The number of hydrogen-bond donors (Lipinski definition) is 4. The van der Waals surface area contributed by atoms with Crippen LogP contribution in [0.5, 0.6) is 11.5 Å². The lowest BCUT2D eigenvalue weighted by molar-refractivity contribution is 0.0962. The fraction of sp³-hybridized carbons (Fsp3) is 0.105. The summed E-state index contributed by atoms with van der Waals surface area (Å²) in [4.78, 5) is 20.4. The molecule has 3 aromatic rings. The smallest absolute Gasteiger partial charge is 0.269 e. The van der Waals surface area contributed by atoms with E-state index in [1.807, 2.05) is 6.07 Å². The molecule has 0 saturated carbocycles. The number of carbonyl (C=O) groups excluding carboxylic acids is 1. The fourth-order valence-electron chi connectivity index (χ4n) is 2.41. The Hall–Kier alpha value is -4.01. The van der Waals surface area contributed by atoms with Crippen LogP contribution in [0.15, 0.2) is 54.9 Å². The number of hydrogen-bond acceptors (Lipinski definition) is 8. The zero-order chi connectivity index (χ0) is 19.9. The van der Waals surface area contributed by atoms with E-state index in [1.165, 1.54) is 6.33 Å². The van der Waals surface area contributed by atoms with Crippen LogP contribution in [0.25, 0.3) is 0 Å². The number of nitrogen functional groups attached to an aromatic ring is 1. The largest absolute Gasteiger partial charge is 0.497 e. The summed E-state index contributed by atoms with van der Waals surface area (Å²) in [5.74, 6) is 1.51. The van der Waals surface area contributed by atoms with Gasteiger partial charge in [0, 0.05) is 11.6 Å². The average Bonchev–Trinajstić information content (AvgIpc) is 2.74. The minimum atomic E-state index is -0.317. The van der Waals surface area contributed by atoms with E-state index in [4.69, 9.17) is 15.2 Å². The van der Waals surface area contributed by atoms with E-state index < -0.39 is 0 Å². The van der Waals surface area contributed by atoms with Crippen LogP contribution in [0.4, 0.5) is 23.0 Å². The Morgan fingerprint density at radius 3 is 2.46 bits per heavy atom. The Balaban J connectivity index is 1.77.